The molecule has 2 N–H and O–H groups in total. The van der Waals surface area contributed by atoms with Crippen molar-refractivity contribution in [1.29, 1.82) is 0 Å². The van der Waals surface area contributed by atoms with Crippen LogP contribution < -0.4 is 5.32 Å². The van der Waals surface area contributed by atoms with Gasteiger partial charge < -0.3 is 15.2 Å². The Morgan fingerprint density at radius 1 is 1.43 bits per heavy atom. The lowest BCUT2D eigenvalue weighted by Gasteiger charge is -2.23. The maximum atomic E-state index is 11.8. The Labute approximate surface area is 147 Å². The molecule has 0 radical (unpaired) electrons. The number of amides is 1. The van der Waals surface area contributed by atoms with Crippen molar-refractivity contribution in [3.63, 3.8) is 0 Å². The van der Waals surface area contributed by atoms with E-state index in [1.165, 1.54) is 0 Å². The first-order chi connectivity index (χ1) is 10.6. The highest BCUT2D eigenvalue weighted by Crippen LogP contribution is 2.57. The van der Waals surface area contributed by atoms with Gasteiger partial charge in [0.2, 0.25) is 0 Å². The van der Waals surface area contributed by atoms with Crippen LogP contribution in [0.15, 0.2) is 18.2 Å². The number of alkyl carbamates (subject to hydrolysis) is 1. The van der Waals surface area contributed by atoms with E-state index < -0.39 is 23.2 Å². The van der Waals surface area contributed by atoms with Gasteiger partial charge in [0.25, 0.3) is 0 Å². The number of rotatable bonds is 4. The summed E-state index contributed by atoms with van der Waals surface area (Å²) in [5.41, 5.74) is 0.0139. The lowest BCUT2D eigenvalue weighted by atomic mass is 9.88. The molecule has 1 aliphatic rings. The summed E-state index contributed by atoms with van der Waals surface area (Å²) < 4.78 is 5.23. The Morgan fingerprint density at radius 3 is 2.61 bits per heavy atom. The molecule has 128 valence electrons. The summed E-state index contributed by atoms with van der Waals surface area (Å²) in [7, 11) is 0. The minimum Gasteiger partial charge on any atom is -0.444 e. The van der Waals surface area contributed by atoms with E-state index in [1.807, 2.05) is 26.8 Å². The maximum Gasteiger partial charge on any atom is 0.407 e. The van der Waals surface area contributed by atoms with Crippen molar-refractivity contribution in [2.45, 2.75) is 51.2 Å². The van der Waals surface area contributed by atoms with E-state index in [4.69, 9.17) is 27.9 Å². The average Bonchev–Trinajstić information content (AvgIpc) is 3.13. The summed E-state index contributed by atoms with van der Waals surface area (Å²) in [5, 5.41) is 14.0. The lowest BCUT2D eigenvalue weighted by molar-refractivity contribution is 0.0520. The Bertz CT molecular complexity index is 598. The zero-order valence-electron chi connectivity index (χ0n) is 13.8. The van der Waals surface area contributed by atoms with E-state index in [-0.39, 0.29) is 5.92 Å². The summed E-state index contributed by atoms with van der Waals surface area (Å²) in [5.74, 6) is 0.132. The molecule has 0 heterocycles. The first-order valence-electron chi connectivity index (χ1n) is 7.66. The van der Waals surface area contributed by atoms with Crippen LogP contribution in [0.4, 0.5) is 4.79 Å². The molecule has 0 spiro atoms. The van der Waals surface area contributed by atoms with Crippen LogP contribution in [-0.4, -0.2) is 29.4 Å². The first-order valence-corrected chi connectivity index (χ1v) is 8.42. The number of carbonyl (C=O) groups is 1. The topological polar surface area (TPSA) is 58.6 Å². The highest BCUT2D eigenvalue weighted by molar-refractivity contribution is 6.42. The number of ether oxygens (including phenoxy) is 1. The molecule has 1 amide bonds. The van der Waals surface area contributed by atoms with Crippen LogP contribution >= 0.6 is 23.2 Å². The lowest BCUT2D eigenvalue weighted by Crippen LogP contribution is -2.35. The van der Waals surface area contributed by atoms with E-state index in [1.54, 1.807) is 19.1 Å². The molecule has 6 heteroatoms. The average molecular weight is 360 g/mol. The third-order valence-corrected chi connectivity index (χ3v) is 4.99. The van der Waals surface area contributed by atoms with E-state index in [2.05, 4.69) is 5.32 Å². The van der Waals surface area contributed by atoms with Crippen LogP contribution in [0.2, 0.25) is 10.0 Å². The van der Waals surface area contributed by atoms with Gasteiger partial charge in [-0.15, -0.1) is 0 Å². The largest absolute Gasteiger partial charge is 0.444 e. The molecule has 0 aromatic heterocycles. The fourth-order valence-electron chi connectivity index (χ4n) is 3.02. The number of aliphatic hydroxyl groups excluding tert-OH is 1. The van der Waals surface area contributed by atoms with Gasteiger partial charge in [0.1, 0.15) is 5.60 Å². The van der Waals surface area contributed by atoms with Gasteiger partial charge in [0, 0.05) is 12.0 Å². The van der Waals surface area contributed by atoms with Gasteiger partial charge >= 0.3 is 6.09 Å². The van der Waals surface area contributed by atoms with E-state index in [9.17, 15) is 9.90 Å². The molecule has 23 heavy (non-hydrogen) atoms. The molecule has 0 aliphatic heterocycles. The number of hydrogen-bond acceptors (Lipinski definition) is 3. The van der Waals surface area contributed by atoms with Gasteiger partial charge in [-0.2, -0.15) is 0 Å². The van der Waals surface area contributed by atoms with Crippen molar-refractivity contribution in [1.82, 2.24) is 5.32 Å². The van der Waals surface area contributed by atoms with Crippen LogP contribution in [0.1, 0.15) is 39.7 Å². The van der Waals surface area contributed by atoms with Gasteiger partial charge in [-0.3, -0.25) is 0 Å². The molecule has 1 aliphatic carbocycles. The molecule has 1 fully saturated rings. The second-order valence-electron chi connectivity index (χ2n) is 7.13. The standard InChI is InChI=1S/C17H23Cl2NO3/c1-10(21)17(11-5-6-13(18)14(19)7-11)8-12(17)9-20-15(22)23-16(2,3)4/h5-7,10,12,21H,8-9H2,1-4H3,(H,20,22)/t10?,12-,17-/m1/s1. The molecular weight excluding hydrogens is 337 g/mol. The molecule has 1 aromatic rings. The monoisotopic (exact) mass is 359 g/mol. The van der Waals surface area contributed by atoms with E-state index in [0.29, 0.717) is 16.6 Å². The predicted octanol–water partition coefficient (Wildman–Crippen LogP) is 4.16. The summed E-state index contributed by atoms with van der Waals surface area (Å²) in [6.45, 7) is 7.66. The number of nitrogens with one attached hydrogen (secondary N) is 1. The van der Waals surface area contributed by atoms with Crippen molar-refractivity contribution in [2.75, 3.05) is 6.54 Å². The van der Waals surface area contributed by atoms with Crippen molar-refractivity contribution in [3.05, 3.63) is 33.8 Å². The molecule has 0 saturated heterocycles. The minimum atomic E-state index is -0.551. The molecule has 1 aromatic carbocycles. The van der Waals surface area contributed by atoms with Crippen LogP contribution in [-0.2, 0) is 10.2 Å². The highest BCUT2D eigenvalue weighted by Gasteiger charge is 2.58. The second-order valence-corrected chi connectivity index (χ2v) is 7.94. The van der Waals surface area contributed by atoms with Crippen molar-refractivity contribution in [3.8, 4) is 0 Å². The molecule has 4 nitrogen and oxygen atoms in total. The van der Waals surface area contributed by atoms with Gasteiger partial charge in [-0.05, 0) is 57.7 Å². The third-order valence-electron chi connectivity index (χ3n) is 4.25. The van der Waals surface area contributed by atoms with Gasteiger partial charge in [0.15, 0.2) is 0 Å². The number of benzene rings is 1. The summed E-state index contributed by atoms with van der Waals surface area (Å²) >= 11 is 12.1. The molecule has 3 atom stereocenters. The molecule has 1 unspecified atom stereocenters. The quantitative estimate of drug-likeness (QED) is 0.848. The summed E-state index contributed by atoms with van der Waals surface area (Å²) in [6.07, 6.45) is -0.221. The number of aliphatic hydroxyl groups is 1. The van der Waals surface area contributed by atoms with Crippen molar-refractivity contribution in [2.24, 2.45) is 5.92 Å². The van der Waals surface area contributed by atoms with Crippen LogP contribution in [0.25, 0.3) is 0 Å². The maximum absolute atomic E-state index is 11.8. The van der Waals surface area contributed by atoms with Crippen molar-refractivity contribution >= 4 is 29.3 Å². The van der Waals surface area contributed by atoms with Crippen LogP contribution in [0, 0.1) is 5.92 Å². The van der Waals surface area contributed by atoms with Crippen LogP contribution in [0.5, 0.6) is 0 Å². The zero-order chi connectivity index (χ0) is 17.4. The molecule has 0 bridgehead atoms. The fraction of sp³-hybridized carbons (Fsp3) is 0.588. The van der Waals surface area contributed by atoms with E-state index >= 15 is 0 Å². The Hall–Kier alpha value is -0.970. The SMILES string of the molecule is CC(O)[C@@]1(c2ccc(Cl)c(Cl)c2)C[C@@H]1CNC(=O)OC(C)(C)C. The predicted molar refractivity (Wildman–Crippen MR) is 92.2 cm³/mol. The Morgan fingerprint density at radius 2 is 2.09 bits per heavy atom. The number of halogens is 2. The van der Waals surface area contributed by atoms with Gasteiger partial charge in [-0.25, -0.2) is 4.79 Å². The smallest absolute Gasteiger partial charge is 0.407 e. The van der Waals surface area contributed by atoms with Crippen molar-refractivity contribution < 1.29 is 14.6 Å². The number of carbonyl (C=O) groups excluding carboxylic acids is 1. The van der Waals surface area contributed by atoms with Gasteiger partial charge in [0.05, 0.1) is 16.1 Å². The Kier molecular flexibility index (Phi) is 5.19. The zero-order valence-corrected chi connectivity index (χ0v) is 15.3. The summed E-state index contributed by atoms with van der Waals surface area (Å²) in [6, 6.07) is 5.42. The normalized spacial score (nSPS) is 24.9. The van der Waals surface area contributed by atoms with Gasteiger partial charge in [-0.1, -0.05) is 29.3 Å². The van der Waals surface area contributed by atoms with E-state index in [0.717, 1.165) is 12.0 Å². The second kappa shape index (κ2) is 6.50. The minimum absolute atomic E-state index is 0.132. The van der Waals surface area contributed by atoms with Crippen LogP contribution in [0.3, 0.4) is 0 Å². The molecule has 2 rings (SSSR count). The number of hydrogen-bond donors (Lipinski definition) is 2. The highest BCUT2D eigenvalue weighted by atomic mass is 35.5. The third kappa shape index (κ3) is 4.11. The summed E-state index contributed by atoms with van der Waals surface area (Å²) in [4.78, 5) is 11.8. The molecular formula is C17H23Cl2NO3. The Balaban J connectivity index is 2.05. The first kappa shape index (κ1) is 18.4. The fourth-order valence-corrected chi connectivity index (χ4v) is 3.31. The molecule has 1 saturated carbocycles.